The third-order valence-corrected chi connectivity index (χ3v) is 1.39. The Morgan fingerprint density at radius 2 is 2.22 bits per heavy atom. The summed E-state index contributed by atoms with van der Waals surface area (Å²) in [4.78, 5) is 0. The normalized spacial score (nSPS) is 34.0. The van der Waals surface area contributed by atoms with Gasteiger partial charge in [0.15, 0.2) is 0 Å². The summed E-state index contributed by atoms with van der Waals surface area (Å²) in [6, 6.07) is 0. The summed E-state index contributed by atoms with van der Waals surface area (Å²) in [7, 11) is 1.53. The first kappa shape index (κ1) is 9.14. The quantitative estimate of drug-likeness (QED) is 0.591. The average Bonchev–Trinajstić information content (AvgIpc) is 2.14. The fourth-order valence-corrected chi connectivity index (χ4v) is 0.854. The van der Waals surface area contributed by atoms with Crippen molar-refractivity contribution in [3.8, 4) is 0 Å². The van der Waals surface area contributed by atoms with Gasteiger partial charge in [0.25, 0.3) is 0 Å². The molecule has 0 bridgehead atoms. The summed E-state index contributed by atoms with van der Waals surface area (Å²) in [5.74, 6) is 0. The molecule has 2 nitrogen and oxygen atoms in total. The van der Waals surface area contributed by atoms with E-state index < -0.39 is 6.17 Å². The van der Waals surface area contributed by atoms with Gasteiger partial charge in [-0.1, -0.05) is 0 Å². The van der Waals surface area contributed by atoms with Gasteiger partial charge in [0, 0.05) is 20.2 Å². The molecule has 56 valence electrons. The first-order valence-corrected chi connectivity index (χ1v) is 2.72. The highest BCUT2D eigenvalue weighted by Crippen LogP contribution is 2.06. The molecule has 0 saturated carbocycles. The van der Waals surface area contributed by atoms with Gasteiger partial charge < -0.3 is 10.1 Å². The van der Waals surface area contributed by atoms with E-state index in [9.17, 15) is 4.39 Å². The average molecular weight is 156 g/mol. The number of hydrogen-bond acceptors (Lipinski definition) is 2. The molecule has 1 heterocycles. The molecule has 1 aliphatic heterocycles. The van der Waals surface area contributed by atoms with E-state index in [1.165, 1.54) is 7.11 Å². The minimum Gasteiger partial charge on any atom is -0.377 e. The molecule has 1 rings (SSSR count). The molecule has 1 saturated heterocycles. The molecule has 1 N–H and O–H groups in total. The predicted octanol–water partition coefficient (Wildman–Crippen LogP) is 0.365. The van der Waals surface area contributed by atoms with Gasteiger partial charge in [0.2, 0.25) is 0 Å². The van der Waals surface area contributed by atoms with Crippen LogP contribution in [0.2, 0.25) is 0 Å². The number of halogens is 2. The van der Waals surface area contributed by atoms with Crippen LogP contribution in [0, 0.1) is 0 Å². The standard InChI is InChI=1S/C5H10FNO.ClH/c1-8-5-3-7-2-4(5)6;/h4-5,7H,2-3H2,1H3;1H/t4-,5+;/m0./s1. The molecule has 0 radical (unpaired) electrons. The van der Waals surface area contributed by atoms with E-state index in [1.807, 2.05) is 0 Å². The Kier molecular flexibility index (Phi) is 4.10. The molecule has 0 aliphatic carbocycles. The Balaban J connectivity index is 0.000000640. The molecule has 4 heteroatoms. The van der Waals surface area contributed by atoms with Crippen molar-refractivity contribution in [2.45, 2.75) is 12.3 Å². The lowest BCUT2D eigenvalue weighted by atomic mass is 10.3. The Labute approximate surface area is 60.2 Å². The molecule has 0 aromatic rings. The van der Waals surface area contributed by atoms with Gasteiger partial charge in [0.1, 0.15) is 12.3 Å². The van der Waals surface area contributed by atoms with E-state index in [0.29, 0.717) is 13.1 Å². The van der Waals surface area contributed by atoms with Crippen molar-refractivity contribution in [1.82, 2.24) is 5.32 Å². The van der Waals surface area contributed by atoms with Crippen LogP contribution in [0.3, 0.4) is 0 Å². The van der Waals surface area contributed by atoms with Crippen LogP contribution < -0.4 is 5.32 Å². The van der Waals surface area contributed by atoms with E-state index in [1.54, 1.807) is 0 Å². The zero-order valence-electron chi connectivity index (χ0n) is 5.26. The highest BCUT2D eigenvalue weighted by Gasteiger charge is 2.25. The van der Waals surface area contributed by atoms with E-state index in [4.69, 9.17) is 4.74 Å². The molecule has 0 aromatic heterocycles. The molecule has 0 spiro atoms. The third-order valence-electron chi connectivity index (χ3n) is 1.39. The molecule has 2 atom stereocenters. The Bertz CT molecular complexity index is 83.4. The number of hydrogen-bond donors (Lipinski definition) is 1. The highest BCUT2D eigenvalue weighted by atomic mass is 35.5. The Morgan fingerprint density at radius 1 is 1.56 bits per heavy atom. The molecular weight excluding hydrogens is 145 g/mol. The van der Waals surface area contributed by atoms with Crippen molar-refractivity contribution in [3.63, 3.8) is 0 Å². The van der Waals surface area contributed by atoms with E-state index in [0.717, 1.165) is 0 Å². The fraction of sp³-hybridized carbons (Fsp3) is 1.00. The monoisotopic (exact) mass is 155 g/mol. The molecule has 9 heavy (non-hydrogen) atoms. The van der Waals surface area contributed by atoms with Gasteiger partial charge in [0.05, 0.1) is 0 Å². The summed E-state index contributed by atoms with van der Waals surface area (Å²) >= 11 is 0. The van der Waals surface area contributed by atoms with Crippen molar-refractivity contribution < 1.29 is 9.13 Å². The fourth-order valence-electron chi connectivity index (χ4n) is 0.854. The van der Waals surface area contributed by atoms with Crippen molar-refractivity contribution in [2.75, 3.05) is 20.2 Å². The van der Waals surface area contributed by atoms with Crippen molar-refractivity contribution in [3.05, 3.63) is 0 Å². The third kappa shape index (κ3) is 2.08. The number of methoxy groups -OCH3 is 1. The number of ether oxygens (including phenoxy) is 1. The van der Waals surface area contributed by atoms with Crippen LogP contribution >= 0.6 is 12.4 Å². The second-order valence-electron chi connectivity index (χ2n) is 1.95. The topological polar surface area (TPSA) is 21.3 Å². The second-order valence-corrected chi connectivity index (χ2v) is 1.95. The Morgan fingerprint density at radius 3 is 2.44 bits per heavy atom. The maximum absolute atomic E-state index is 12.4. The summed E-state index contributed by atoms with van der Waals surface area (Å²) < 4.78 is 17.2. The predicted molar refractivity (Wildman–Crippen MR) is 35.8 cm³/mol. The minimum absolute atomic E-state index is 0. The van der Waals surface area contributed by atoms with Crippen LogP contribution in [-0.4, -0.2) is 32.5 Å². The van der Waals surface area contributed by atoms with E-state index in [2.05, 4.69) is 5.32 Å². The van der Waals surface area contributed by atoms with E-state index >= 15 is 0 Å². The van der Waals surface area contributed by atoms with Gasteiger partial charge in [-0.3, -0.25) is 0 Å². The molecule has 0 unspecified atom stereocenters. The largest absolute Gasteiger partial charge is 0.377 e. The molecule has 1 fully saturated rings. The first-order chi connectivity index (χ1) is 3.84. The van der Waals surface area contributed by atoms with Crippen LogP contribution in [0.4, 0.5) is 4.39 Å². The van der Waals surface area contributed by atoms with Crippen molar-refractivity contribution >= 4 is 12.4 Å². The summed E-state index contributed by atoms with van der Waals surface area (Å²) in [5.41, 5.74) is 0. The minimum atomic E-state index is -0.806. The number of rotatable bonds is 1. The van der Waals surface area contributed by atoms with Crippen molar-refractivity contribution in [2.24, 2.45) is 0 Å². The van der Waals surface area contributed by atoms with Gasteiger partial charge in [-0.25, -0.2) is 4.39 Å². The molecule has 1 aliphatic rings. The van der Waals surface area contributed by atoms with Crippen LogP contribution in [0.5, 0.6) is 0 Å². The van der Waals surface area contributed by atoms with Gasteiger partial charge >= 0.3 is 0 Å². The smallest absolute Gasteiger partial charge is 0.140 e. The van der Waals surface area contributed by atoms with Crippen LogP contribution in [0.1, 0.15) is 0 Å². The second kappa shape index (κ2) is 4.04. The Hall–Kier alpha value is 0.140. The number of alkyl halides is 1. The van der Waals surface area contributed by atoms with Crippen LogP contribution in [0.25, 0.3) is 0 Å². The summed E-state index contributed by atoms with van der Waals surface area (Å²) in [6.45, 7) is 1.09. The zero-order valence-corrected chi connectivity index (χ0v) is 6.08. The highest BCUT2D eigenvalue weighted by molar-refractivity contribution is 5.85. The summed E-state index contributed by atoms with van der Waals surface area (Å²) in [5, 5.41) is 2.87. The lowest BCUT2D eigenvalue weighted by molar-refractivity contribution is 0.0647. The maximum atomic E-state index is 12.4. The number of nitrogens with one attached hydrogen (secondary N) is 1. The zero-order chi connectivity index (χ0) is 5.98. The van der Waals surface area contributed by atoms with Crippen molar-refractivity contribution in [1.29, 1.82) is 0 Å². The molecule has 0 amide bonds. The molecular formula is C5H11ClFNO. The first-order valence-electron chi connectivity index (χ1n) is 2.72. The van der Waals surface area contributed by atoms with Crippen LogP contribution in [-0.2, 0) is 4.74 Å². The van der Waals surface area contributed by atoms with Gasteiger partial charge in [-0.05, 0) is 0 Å². The lowest BCUT2D eigenvalue weighted by Gasteiger charge is -2.06. The van der Waals surface area contributed by atoms with Gasteiger partial charge in [-0.15, -0.1) is 12.4 Å². The van der Waals surface area contributed by atoms with Gasteiger partial charge in [-0.2, -0.15) is 0 Å². The molecule has 0 aromatic carbocycles. The van der Waals surface area contributed by atoms with Crippen LogP contribution in [0.15, 0.2) is 0 Å². The SMILES string of the molecule is CO[C@@H]1CNC[C@@H]1F.Cl. The maximum Gasteiger partial charge on any atom is 0.140 e. The summed E-state index contributed by atoms with van der Waals surface area (Å²) in [6.07, 6.45) is -1.02. The lowest BCUT2D eigenvalue weighted by Crippen LogP contribution is -2.21. The van der Waals surface area contributed by atoms with E-state index in [-0.39, 0.29) is 18.5 Å².